The molecule has 0 saturated heterocycles. The molecule has 0 aromatic rings. The third kappa shape index (κ3) is 9.72. The number of hydrogen-bond acceptors (Lipinski definition) is 8. The number of aliphatic hydroxyl groups excluding tert-OH is 2. The van der Waals surface area contributed by atoms with Crippen LogP contribution in [0.4, 0.5) is 0 Å². The van der Waals surface area contributed by atoms with Crippen molar-refractivity contribution in [1.82, 2.24) is 16.0 Å². The van der Waals surface area contributed by atoms with Crippen LogP contribution >= 0.6 is 0 Å². The summed E-state index contributed by atoms with van der Waals surface area (Å²) in [4.78, 5) is 59.7. The zero-order valence-corrected chi connectivity index (χ0v) is 18.0. The van der Waals surface area contributed by atoms with Crippen LogP contribution in [0.15, 0.2) is 0 Å². The second-order valence-electron chi connectivity index (χ2n) is 7.63. The van der Waals surface area contributed by atoms with Gasteiger partial charge in [-0.15, -0.1) is 0 Å². The van der Waals surface area contributed by atoms with Gasteiger partial charge in [0, 0.05) is 6.42 Å². The summed E-state index contributed by atoms with van der Waals surface area (Å²) >= 11 is 0. The van der Waals surface area contributed by atoms with Crippen LogP contribution in [0.5, 0.6) is 0 Å². The number of amides is 4. The molecule has 0 aliphatic heterocycles. The van der Waals surface area contributed by atoms with Crippen molar-refractivity contribution < 1.29 is 39.3 Å². The van der Waals surface area contributed by atoms with Crippen LogP contribution in [0.2, 0.25) is 0 Å². The molecular formula is C18H33N5O8. The van der Waals surface area contributed by atoms with Crippen molar-refractivity contribution in [3.05, 3.63) is 0 Å². The summed E-state index contributed by atoms with van der Waals surface area (Å²) in [5.74, 6) is -5.30. The number of carbonyl (C=O) groups excluding carboxylic acids is 4. The van der Waals surface area contributed by atoms with Gasteiger partial charge in [0.1, 0.15) is 24.2 Å². The SMILES string of the molecule is CC(C)C(NC(=O)C(CCC(N)=O)NC(=O)C(NC(=O)C(N)C(C)O)C(C)O)C(=O)O. The van der Waals surface area contributed by atoms with Crippen molar-refractivity contribution in [2.24, 2.45) is 17.4 Å². The van der Waals surface area contributed by atoms with Gasteiger partial charge in [-0.3, -0.25) is 19.2 Å². The van der Waals surface area contributed by atoms with Crippen LogP contribution in [-0.2, 0) is 24.0 Å². The number of primary amides is 1. The van der Waals surface area contributed by atoms with E-state index in [1.54, 1.807) is 13.8 Å². The monoisotopic (exact) mass is 447 g/mol. The van der Waals surface area contributed by atoms with Crippen molar-refractivity contribution in [2.75, 3.05) is 0 Å². The van der Waals surface area contributed by atoms with Gasteiger partial charge < -0.3 is 42.7 Å². The molecule has 0 radical (unpaired) electrons. The van der Waals surface area contributed by atoms with E-state index in [0.29, 0.717) is 0 Å². The quantitative estimate of drug-likeness (QED) is 0.140. The fourth-order valence-corrected chi connectivity index (χ4v) is 2.46. The number of carboxylic acid groups (broad SMARTS) is 1. The van der Waals surface area contributed by atoms with Crippen molar-refractivity contribution in [2.45, 2.75) is 76.9 Å². The Labute approximate surface area is 179 Å². The van der Waals surface area contributed by atoms with Gasteiger partial charge in [0.2, 0.25) is 23.6 Å². The topological polar surface area (TPSA) is 234 Å². The Bertz CT molecular complexity index is 667. The summed E-state index contributed by atoms with van der Waals surface area (Å²) in [5.41, 5.74) is 10.6. The minimum absolute atomic E-state index is 0.245. The summed E-state index contributed by atoms with van der Waals surface area (Å²) in [6.07, 6.45) is -3.18. The van der Waals surface area contributed by atoms with Gasteiger partial charge in [-0.2, -0.15) is 0 Å². The molecule has 0 heterocycles. The number of nitrogens with two attached hydrogens (primary N) is 2. The highest BCUT2D eigenvalue weighted by Gasteiger charge is 2.33. The standard InChI is InChI=1S/C18H33N5O8/c1-7(2)13(18(30)31)22-15(27)10(5-6-11(19)26)21-17(29)14(9(4)25)23-16(28)12(20)8(3)24/h7-10,12-14,24-25H,5-6,20H2,1-4H3,(H2,19,26)(H,21,29)(H,22,27)(H,23,28)(H,30,31). The number of hydrogen-bond donors (Lipinski definition) is 8. The van der Waals surface area contributed by atoms with Crippen LogP contribution in [0.3, 0.4) is 0 Å². The Morgan fingerprint density at radius 2 is 1.32 bits per heavy atom. The molecule has 0 aromatic carbocycles. The maximum absolute atomic E-state index is 12.6. The van der Waals surface area contributed by atoms with E-state index >= 15 is 0 Å². The van der Waals surface area contributed by atoms with E-state index in [-0.39, 0.29) is 12.8 Å². The fraction of sp³-hybridized carbons (Fsp3) is 0.722. The van der Waals surface area contributed by atoms with Crippen LogP contribution < -0.4 is 27.4 Å². The number of carbonyl (C=O) groups is 5. The molecule has 10 N–H and O–H groups in total. The predicted molar refractivity (Wildman–Crippen MR) is 108 cm³/mol. The van der Waals surface area contributed by atoms with E-state index in [9.17, 15) is 39.3 Å². The largest absolute Gasteiger partial charge is 0.480 e. The zero-order valence-electron chi connectivity index (χ0n) is 18.0. The molecule has 13 nitrogen and oxygen atoms in total. The van der Waals surface area contributed by atoms with Gasteiger partial charge in [0.05, 0.1) is 12.2 Å². The second kappa shape index (κ2) is 12.8. The Kier molecular flexibility index (Phi) is 11.7. The summed E-state index contributed by atoms with van der Waals surface area (Å²) in [7, 11) is 0. The van der Waals surface area contributed by atoms with Gasteiger partial charge in [0.25, 0.3) is 0 Å². The molecule has 0 spiro atoms. The molecular weight excluding hydrogens is 414 g/mol. The van der Waals surface area contributed by atoms with Gasteiger partial charge in [0.15, 0.2) is 0 Å². The van der Waals surface area contributed by atoms with Gasteiger partial charge >= 0.3 is 5.97 Å². The third-order valence-electron chi connectivity index (χ3n) is 4.43. The fourth-order valence-electron chi connectivity index (χ4n) is 2.46. The first-order valence-corrected chi connectivity index (χ1v) is 9.72. The van der Waals surface area contributed by atoms with Crippen LogP contribution in [-0.4, -0.2) is 81.3 Å². The number of aliphatic hydroxyl groups is 2. The van der Waals surface area contributed by atoms with Crippen molar-refractivity contribution in [1.29, 1.82) is 0 Å². The van der Waals surface area contributed by atoms with Gasteiger partial charge in [-0.05, 0) is 26.2 Å². The smallest absolute Gasteiger partial charge is 0.326 e. The van der Waals surface area contributed by atoms with E-state index in [1.165, 1.54) is 13.8 Å². The lowest BCUT2D eigenvalue weighted by Crippen LogP contribution is -2.61. The van der Waals surface area contributed by atoms with Crippen molar-refractivity contribution >= 4 is 29.6 Å². The highest BCUT2D eigenvalue weighted by atomic mass is 16.4. The molecule has 0 aliphatic carbocycles. The Balaban J connectivity index is 5.51. The predicted octanol–water partition coefficient (Wildman–Crippen LogP) is -3.46. The molecule has 4 amide bonds. The molecule has 6 atom stereocenters. The number of aliphatic carboxylic acids is 1. The first-order chi connectivity index (χ1) is 14.2. The maximum Gasteiger partial charge on any atom is 0.326 e. The third-order valence-corrected chi connectivity index (χ3v) is 4.43. The molecule has 13 heteroatoms. The number of carboxylic acids is 1. The number of rotatable bonds is 13. The Morgan fingerprint density at radius 3 is 1.71 bits per heavy atom. The van der Waals surface area contributed by atoms with Crippen LogP contribution in [0.25, 0.3) is 0 Å². The van der Waals surface area contributed by atoms with E-state index in [4.69, 9.17) is 11.5 Å². The summed E-state index contributed by atoms with van der Waals surface area (Å²) in [6, 6.07) is -5.53. The highest BCUT2D eigenvalue weighted by Crippen LogP contribution is 2.06. The molecule has 0 saturated carbocycles. The summed E-state index contributed by atoms with van der Waals surface area (Å²) < 4.78 is 0. The minimum atomic E-state index is -1.54. The Morgan fingerprint density at radius 1 is 0.806 bits per heavy atom. The molecule has 0 bridgehead atoms. The van der Waals surface area contributed by atoms with Gasteiger partial charge in [-0.1, -0.05) is 13.8 Å². The van der Waals surface area contributed by atoms with Gasteiger partial charge in [-0.25, -0.2) is 4.79 Å². The van der Waals surface area contributed by atoms with E-state index in [2.05, 4.69) is 16.0 Å². The normalized spacial score (nSPS) is 16.9. The lowest BCUT2D eigenvalue weighted by atomic mass is 10.0. The minimum Gasteiger partial charge on any atom is -0.480 e. The lowest BCUT2D eigenvalue weighted by molar-refractivity contribution is -0.143. The lowest BCUT2D eigenvalue weighted by Gasteiger charge is -2.27. The summed E-state index contributed by atoms with van der Waals surface area (Å²) in [5, 5.41) is 35.3. The average molecular weight is 447 g/mol. The van der Waals surface area contributed by atoms with Crippen LogP contribution in [0.1, 0.15) is 40.5 Å². The van der Waals surface area contributed by atoms with Crippen LogP contribution in [0, 0.1) is 5.92 Å². The molecule has 31 heavy (non-hydrogen) atoms. The molecule has 0 fully saturated rings. The first kappa shape index (κ1) is 28.2. The van der Waals surface area contributed by atoms with Crippen molar-refractivity contribution in [3.8, 4) is 0 Å². The zero-order chi connectivity index (χ0) is 24.5. The molecule has 178 valence electrons. The summed E-state index contributed by atoms with van der Waals surface area (Å²) in [6.45, 7) is 5.61. The molecule has 6 unspecified atom stereocenters. The molecule has 0 aromatic heterocycles. The molecule has 0 rings (SSSR count). The highest BCUT2D eigenvalue weighted by molar-refractivity contribution is 5.94. The maximum atomic E-state index is 12.6. The number of nitrogens with one attached hydrogen (secondary N) is 3. The van der Waals surface area contributed by atoms with E-state index in [0.717, 1.165) is 0 Å². The first-order valence-electron chi connectivity index (χ1n) is 9.72. The molecule has 0 aliphatic rings. The average Bonchev–Trinajstić information content (AvgIpc) is 2.64. The van der Waals surface area contributed by atoms with Crippen molar-refractivity contribution in [3.63, 3.8) is 0 Å². The van der Waals surface area contributed by atoms with E-state index in [1.807, 2.05) is 0 Å². The second-order valence-corrected chi connectivity index (χ2v) is 7.63. The van der Waals surface area contributed by atoms with E-state index < -0.39 is 71.9 Å². The Hall–Kier alpha value is -2.77.